The lowest BCUT2D eigenvalue weighted by Crippen LogP contribution is -2.13. The van der Waals surface area contributed by atoms with Crippen molar-refractivity contribution in [3.63, 3.8) is 0 Å². The first kappa shape index (κ1) is 33.3. The Bertz CT molecular complexity index is 1420. The molecule has 3 aromatic rings. The zero-order valence-corrected chi connectivity index (χ0v) is 25.8. The Morgan fingerprint density at radius 3 is 1.43 bits per heavy atom. The van der Waals surface area contributed by atoms with E-state index in [9.17, 15) is 17.6 Å². The van der Waals surface area contributed by atoms with Crippen LogP contribution >= 0.6 is 0 Å². The molecule has 2 fully saturated rings. The summed E-state index contributed by atoms with van der Waals surface area (Å²) in [6.45, 7) is 4.61. The maximum Gasteiger partial charge on any atom is 0.144 e. The standard InChI is InChI=1S/C22H23F2N.C16H19F2N/c1-15-2-8-18(9-3-15)19-10-6-16(7-11-19)4-5-17-12-21(23)20(14-25)22(24)13-17;1-11-2-4-12(5-3-11)6-7-13-8-15(17)14(10-19)16(18)9-13/h6-7,10-13,15,18H,2-5,8-9H2,1H3;8-9,11-12H,2-7H2,1H3. The second kappa shape index (κ2) is 15.9. The average Bonchev–Trinajstić information content (AvgIpc) is 3.01. The molecule has 44 heavy (non-hydrogen) atoms. The maximum absolute atomic E-state index is 13.7. The van der Waals surface area contributed by atoms with Crippen molar-refractivity contribution in [2.45, 2.75) is 96.8 Å². The van der Waals surface area contributed by atoms with Gasteiger partial charge in [0.05, 0.1) is 0 Å². The van der Waals surface area contributed by atoms with Crippen LogP contribution in [0.2, 0.25) is 0 Å². The molecule has 5 rings (SSSR count). The van der Waals surface area contributed by atoms with E-state index in [1.807, 2.05) is 0 Å². The van der Waals surface area contributed by atoms with Gasteiger partial charge in [-0.25, -0.2) is 17.6 Å². The molecule has 0 spiro atoms. The number of rotatable bonds is 7. The summed E-state index contributed by atoms with van der Waals surface area (Å²) in [5.41, 5.74) is 2.83. The van der Waals surface area contributed by atoms with Gasteiger partial charge in [-0.1, -0.05) is 76.6 Å². The van der Waals surface area contributed by atoms with Crippen LogP contribution in [0.4, 0.5) is 17.6 Å². The Morgan fingerprint density at radius 2 is 0.977 bits per heavy atom. The fourth-order valence-corrected chi connectivity index (χ4v) is 6.58. The molecule has 0 aliphatic heterocycles. The van der Waals surface area contributed by atoms with Crippen molar-refractivity contribution < 1.29 is 17.6 Å². The summed E-state index contributed by atoms with van der Waals surface area (Å²) in [7, 11) is 0. The third-order valence-electron chi connectivity index (χ3n) is 9.57. The summed E-state index contributed by atoms with van der Waals surface area (Å²) in [4.78, 5) is 0. The Hall–Kier alpha value is -3.64. The second-order valence-corrected chi connectivity index (χ2v) is 13.0. The van der Waals surface area contributed by atoms with Crippen molar-refractivity contribution in [3.05, 3.63) is 105 Å². The Balaban J connectivity index is 0.000000209. The summed E-state index contributed by atoms with van der Waals surface area (Å²) in [5.74, 6) is -0.0157. The van der Waals surface area contributed by atoms with Crippen molar-refractivity contribution in [3.8, 4) is 12.1 Å². The minimum absolute atomic E-state index is 0.477. The van der Waals surface area contributed by atoms with Gasteiger partial charge in [-0.15, -0.1) is 0 Å². The van der Waals surface area contributed by atoms with Gasteiger partial charge in [-0.05, 0) is 109 Å². The number of halogens is 4. The normalized spacial score (nSPS) is 21.5. The third-order valence-corrected chi connectivity index (χ3v) is 9.57. The highest BCUT2D eigenvalue weighted by Gasteiger charge is 2.20. The van der Waals surface area contributed by atoms with Crippen LogP contribution in [0.1, 0.15) is 111 Å². The molecule has 232 valence electrons. The largest absolute Gasteiger partial charge is 0.205 e. The molecule has 3 aromatic carbocycles. The Kier molecular flexibility index (Phi) is 12.0. The van der Waals surface area contributed by atoms with Gasteiger partial charge in [0, 0.05) is 0 Å². The molecule has 6 heteroatoms. The highest BCUT2D eigenvalue weighted by Crippen LogP contribution is 2.35. The first-order chi connectivity index (χ1) is 21.2. The maximum atomic E-state index is 13.7. The lowest BCUT2D eigenvalue weighted by Gasteiger charge is -2.26. The zero-order valence-electron chi connectivity index (χ0n) is 25.8. The van der Waals surface area contributed by atoms with E-state index in [1.54, 1.807) is 12.1 Å². The smallest absolute Gasteiger partial charge is 0.144 e. The zero-order chi connectivity index (χ0) is 31.6. The number of aryl methyl sites for hydroxylation is 3. The van der Waals surface area contributed by atoms with Crippen LogP contribution in [0.25, 0.3) is 0 Å². The summed E-state index contributed by atoms with van der Waals surface area (Å²) in [6, 6.07) is 16.9. The van der Waals surface area contributed by atoms with Gasteiger partial charge in [-0.2, -0.15) is 10.5 Å². The molecular weight excluding hydrogens is 560 g/mol. The molecule has 0 atom stereocenters. The number of hydrogen-bond donors (Lipinski definition) is 0. The van der Waals surface area contributed by atoms with E-state index in [4.69, 9.17) is 10.5 Å². The lowest BCUT2D eigenvalue weighted by atomic mass is 9.79. The second-order valence-electron chi connectivity index (χ2n) is 13.0. The summed E-state index contributed by atoms with van der Waals surface area (Å²) < 4.78 is 54.3. The van der Waals surface area contributed by atoms with Crippen LogP contribution in [0, 0.1) is 63.7 Å². The van der Waals surface area contributed by atoms with E-state index in [-0.39, 0.29) is 0 Å². The molecule has 0 N–H and O–H groups in total. The molecule has 0 heterocycles. The number of nitriles is 2. The first-order valence-corrected chi connectivity index (χ1v) is 16.0. The van der Waals surface area contributed by atoms with Crippen molar-refractivity contribution in [2.24, 2.45) is 17.8 Å². The van der Waals surface area contributed by atoms with E-state index >= 15 is 0 Å². The van der Waals surface area contributed by atoms with Gasteiger partial charge in [0.15, 0.2) is 0 Å². The number of nitrogens with zero attached hydrogens (tertiary/aromatic N) is 2. The van der Waals surface area contributed by atoms with Gasteiger partial charge in [-0.3, -0.25) is 0 Å². The van der Waals surface area contributed by atoms with E-state index in [2.05, 4.69) is 38.1 Å². The Labute approximate surface area is 259 Å². The van der Waals surface area contributed by atoms with Gasteiger partial charge < -0.3 is 0 Å². The minimum Gasteiger partial charge on any atom is -0.205 e. The van der Waals surface area contributed by atoms with E-state index < -0.39 is 34.4 Å². The van der Waals surface area contributed by atoms with Gasteiger partial charge in [0.1, 0.15) is 46.5 Å². The van der Waals surface area contributed by atoms with Crippen LogP contribution in [0.15, 0.2) is 48.5 Å². The fraction of sp³-hybridized carbons (Fsp3) is 0.474. The molecule has 2 nitrogen and oxygen atoms in total. The molecule has 0 radical (unpaired) electrons. The molecule has 2 saturated carbocycles. The van der Waals surface area contributed by atoms with Gasteiger partial charge in [0.25, 0.3) is 0 Å². The van der Waals surface area contributed by atoms with E-state index in [0.717, 1.165) is 30.2 Å². The van der Waals surface area contributed by atoms with Crippen molar-refractivity contribution in [2.75, 3.05) is 0 Å². The predicted molar refractivity (Wildman–Crippen MR) is 166 cm³/mol. The molecule has 2 aliphatic rings. The lowest BCUT2D eigenvalue weighted by molar-refractivity contribution is 0.277. The van der Waals surface area contributed by atoms with Crippen LogP contribution in [0.5, 0.6) is 0 Å². The summed E-state index contributed by atoms with van der Waals surface area (Å²) >= 11 is 0. The highest BCUT2D eigenvalue weighted by molar-refractivity contribution is 5.36. The van der Waals surface area contributed by atoms with Crippen LogP contribution in [-0.2, 0) is 19.3 Å². The minimum atomic E-state index is -0.778. The molecule has 0 bridgehead atoms. The first-order valence-electron chi connectivity index (χ1n) is 16.0. The molecule has 0 aromatic heterocycles. The topological polar surface area (TPSA) is 47.6 Å². The van der Waals surface area contributed by atoms with Crippen LogP contribution in [0.3, 0.4) is 0 Å². The fourth-order valence-electron chi connectivity index (χ4n) is 6.58. The number of benzene rings is 3. The van der Waals surface area contributed by atoms with E-state index in [1.165, 1.54) is 81.2 Å². The molecule has 0 unspecified atom stereocenters. The van der Waals surface area contributed by atoms with E-state index in [0.29, 0.717) is 35.8 Å². The van der Waals surface area contributed by atoms with Gasteiger partial charge in [0.2, 0.25) is 0 Å². The van der Waals surface area contributed by atoms with Crippen molar-refractivity contribution >= 4 is 0 Å². The third kappa shape index (κ3) is 9.18. The van der Waals surface area contributed by atoms with Crippen LogP contribution in [-0.4, -0.2) is 0 Å². The van der Waals surface area contributed by atoms with Crippen LogP contribution < -0.4 is 0 Å². The van der Waals surface area contributed by atoms with Crippen molar-refractivity contribution in [1.29, 1.82) is 10.5 Å². The summed E-state index contributed by atoms with van der Waals surface area (Å²) in [6.07, 6.45) is 13.1. The average molecular weight is 603 g/mol. The SMILES string of the molecule is CC1CCC(CCc2cc(F)c(C#N)c(F)c2)CC1.CC1CCC(c2ccc(CCc3cc(F)c(C#N)c(F)c3)cc2)CC1. The van der Waals surface area contributed by atoms with Gasteiger partial charge >= 0.3 is 0 Å². The summed E-state index contributed by atoms with van der Waals surface area (Å²) in [5, 5.41) is 17.3. The predicted octanol–water partition coefficient (Wildman–Crippen LogP) is 10.5. The molecule has 2 aliphatic carbocycles. The highest BCUT2D eigenvalue weighted by atomic mass is 19.1. The molecular formula is C38H42F4N2. The Morgan fingerprint density at radius 1 is 0.568 bits per heavy atom. The number of hydrogen-bond acceptors (Lipinski definition) is 2. The molecule has 0 amide bonds. The van der Waals surface area contributed by atoms with Crippen molar-refractivity contribution in [1.82, 2.24) is 0 Å². The molecule has 0 saturated heterocycles. The quantitative estimate of drug-likeness (QED) is 0.253. The monoisotopic (exact) mass is 602 g/mol.